The van der Waals surface area contributed by atoms with Crippen LogP contribution in [0, 0.1) is 11.8 Å². The molecule has 0 unspecified atom stereocenters. The summed E-state index contributed by atoms with van der Waals surface area (Å²) in [4.78, 5) is 67.2. The lowest BCUT2D eigenvalue weighted by Gasteiger charge is -2.19. The van der Waals surface area contributed by atoms with Crippen LogP contribution in [0.25, 0.3) is 0 Å². The SMILES string of the molecule is O=C(CC1=CC(C2CC2)=NC1)c1cccc(CN2C(=O)[C@@]3(C[C@H]3c3ccc(Cl)cc3)c3ccccc32)c1.O=C(CC1=CC(C2CC2)=NC1)c1cccc(CN2C(=O)[C@]3(C[C@@H]3c3ccc(Cl)cc3)c3ccccc32)c1. The molecule has 2 amide bonds. The Morgan fingerprint density at radius 3 is 1.32 bits per heavy atom. The van der Waals surface area contributed by atoms with Gasteiger partial charge in [0.05, 0.1) is 37.0 Å². The van der Waals surface area contributed by atoms with E-state index in [0.717, 1.165) is 68.7 Å². The average molecular weight is 1010 g/mol. The molecule has 4 aliphatic heterocycles. The molecule has 0 aromatic heterocycles. The quantitative estimate of drug-likeness (QED) is 0.101. The number of carbonyl (C=O) groups excluding carboxylic acids is 4. The van der Waals surface area contributed by atoms with Crippen LogP contribution in [0.5, 0.6) is 0 Å². The Hall–Kier alpha value is -7.00. The van der Waals surface area contributed by atoms with Crippen LogP contribution in [0.2, 0.25) is 10.0 Å². The largest absolute Gasteiger partial charge is 0.307 e. The monoisotopic (exact) mass is 1010 g/mol. The van der Waals surface area contributed by atoms with Crippen LogP contribution >= 0.6 is 23.2 Å². The van der Waals surface area contributed by atoms with Gasteiger partial charge in [0.15, 0.2) is 11.6 Å². The van der Waals surface area contributed by atoms with Gasteiger partial charge in [-0.1, -0.05) is 120 Å². The Labute approximate surface area is 441 Å². The van der Waals surface area contributed by atoms with E-state index in [1.54, 1.807) is 0 Å². The zero-order valence-corrected chi connectivity index (χ0v) is 42.5. The molecular formula is C64H54Cl2N4O4. The highest BCUT2D eigenvalue weighted by Gasteiger charge is 2.68. The molecule has 0 N–H and O–H groups in total. The first-order chi connectivity index (χ1) is 36.0. The number of rotatable bonds is 14. The molecule has 4 fully saturated rings. The van der Waals surface area contributed by atoms with E-state index in [2.05, 4.69) is 34.3 Å². The third-order valence-corrected chi connectivity index (χ3v) is 17.2. The normalized spacial score (nSPS) is 23.8. The fourth-order valence-electron chi connectivity index (χ4n) is 12.3. The Bertz CT molecular complexity index is 3230. The number of hydrogen-bond donors (Lipinski definition) is 0. The van der Waals surface area contributed by atoms with E-state index in [9.17, 15) is 19.2 Å². The highest BCUT2D eigenvalue weighted by molar-refractivity contribution is 6.31. The number of carbonyl (C=O) groups is 4. The summed E-state index contributed by atoms with van der Waals surface area (Å²) in [6.45, 7) is 2.19. The first-order valence-corrected chi connectivity index (χ1v) is 26.9. The first-order valence-electron chi connectivity index (χ1n) is 26.1. The molecule has 0 bridgehead atoms. The lowest BCUT2D eigenvalue weighted by Crippen LogP contribution is -2.32. The van der Waals surface area contributed by atoms with Crippen LogP contribution in [0.3, 0.4) is 0 Å². The zero-order valence-electron chi connectivity index (χ0n) is 41.0. The predicted molar refractivity (Wildman–Crippen MR) is 293 cm³/mol. The number of allylic oxidation sites excluding steroid dienone is 2. The minimum atomic E-state index is -0.508. The van der Waals surface area contributed by atoms with Crippen LogP contribution in [-0.4, -0.2) is 47.9 Å². The molecule has 14 rings (SSSR count). The smallest absolute Gasteiger partial charge is 0.238 e. The predicted octanol–water partition coefficient (Wildman–Crippen LogP) is 13.4. The average Bonchev–Trinajstić information content (AvgIpc) is 4.32. The fraction of sp³-hybridized carbons (Fsp3) is 0.281. The molecule has 4 atom stereocenters. The van der Waals surface area contributed by atoms with Crippen molar-refractivity contribution in [1.82, 2.24) is 0 Å². The fourth-order valence-corrected chi connectivity index (χ4v) is 12.6. The van der Waals surface area contributed by atoms with E-state index >= 15 is 0 Å². The number of halogens is 2. The third-order valence-electron chi connectivity index (χ3n) is 16.7. The number of nitrogens with zero attached hydrogens (tertiary/aromatic N) is 4. The lowest BCUT2D eigenvalue weighted by atomic mass is 9.92. The molecule has 74 heavy (non-hydrogen) atoms. The van der Waals surface area contributed by atoms with Crippen LogP contribution < -0.4 is 9.80 Å². The molecule has 8 nitrogen and oxygen atoms in total. The van der Waals surface area contributed by atoms with Gasteiger partial charge < -0.3 is 9.80 Å². The maximum atomic E-state index is 14.0. The number of Topliss-reactive ketones (excluding diaryl/α,β-unsaturated/α-hetero) is 2. The van der Waals surface area contributed by atoms with Crippen molar-refractivity contribution < 1.29 is 19.2 Å². The van der Waals surface area contributed by atoms with Crippen molar-refractivity contribution in [2.45, 2.75) is 87.1 Å². The summed E-state index contributed by atoms with van der Waals surface area (Å²) in [7, 11) is 0. The van der Waals surface area contributed by atoms with Crippen molar-refractivity contribution in [2.75, 3.05) is 22.9 Å². The summed E-state index contributed by atoms with van der Waals surface area (Å²) in [5.41, 5.74) is 13.3. The standard InChI is InChI=1S/2C32H27ClN2O2/c2*33-25-12-10-22(11-13-25)27-17-32(27)26-6-1-2-7-29(26)35(31(32)37)19-20-4-3-5-24(14-20)30(36)16-21-15-28(34-18-21)23-8-9-23/h2*1-7,10-15,23,27H,8-9,16-19H2/t2*27-,32-/m10/s1. The van der Waals surface area contributed by atoms with E-state index in [4.69, 9.17) is 23.2 Å². The van der Waals surface area contributed by atoms with Gasteiger partial charge in [-0.15, -0.1) is 0 Å². The maximum absolute atomic E-state index is 14.0. The molecule has 6 aromatic carbocycles. The Morgan fingerprint density at radius 2 is 0.919 bits per heavy atom. The van der Waals surface area contributed by atoms with Crippen molar-refractivity contribution in [3.8, 4) is 0 Å². The molecule has 0 saturated heterocycles. The van der Waals surface area contributed by atoms with E-state index in [1.165, 1.54) is 37.1 Å². The second kappa shape index (κ2) is 18.4. The Balaban J connectivity index is 0.000000143. The van der Waals surface area contributed by atoms with E-state index < -0.39 is 10.8 Å². The number of benzene rings is 6. The van der Waals surface area contributed by atoms with Crippen LogP contribution in [-0.2, 0) is 33.5 Å². The second-order valence-corrected chi connectivity index (χ2v) is 22.5. The minimum absolute atomic E-state index is 0.106. The second-order valence-electron chi connectivity index (χ2n) is 21.6. The van der Waals surface area contributed by atoms with Crippen molar-refractivity contribution in [1.29, 1.82) is 0 Å². The van der Waals surface area contributed by atoms with Gasteiger partial charge in [-0.3, -0.25) is 29.2 Å². The summed E-state index contributed by atoms with van der Waals surface area (Å²) in [5, 5.41) is 1.40. The molecule has 0 radical (unpaired) electrons. The number of fused-ring (bicyclic) bond motifs is 4. The minimum Gasteiger partial charge on any atom is -0.307 e. The maximum Gasteiger partial charge on any atom is 0.238 e. The van der Waals surface area contributed by atoms with Gasteiger partial charge in [-0.2, -0.15) is 0 Å². The summed E-state index contributed by atoms with van der Waals surface area (Å²) in [5.74, 6) is 2.04. The molecular weight excluding hydrogens is 960 g/mol. The van der Waals surface area contributed by atoms with E-state index in [0.29, 0.717) is 72.0 Å². The number of hydrogen-bond acceptors (Lipinski definition) is 6. The van der Waals surface area contributed by atoms with Crippen LogP contribution in [0.4, 0.5) is 11.4 Å². The number of anilines is 2. The van der Waals surface area contributed by atoms with Gasteiger partial charge in [0, 0.05) is 80.5 Å². The number of amides is 2. The molecule has 368 valence electrons. The van der Waals surface area contributed by atoms with Gasteiger partial charge in [-0.25, -0.2) is 0 Å². The van der Waals surface area contributed by atoms with Gasteiger partial charge in [0.1, 0.15) is 0 Å². The third kappa shape index (κ3) is 8.50. The number of para-hydroxylation sites is 2. The molecule has 4 heterocycles. The summed E-state index contributed by atoms with van der Waals surface area (Å²) in [6, 6.07) is 47.5. The van der Waals surface area contributed by atoms with E-state index in [-0.39, 0.29) is 35.2 Å². The van der Waals surface area contributed by atoms with Gasteiger partial charge in [-0.05, 0) is 144 Å². The zero-order chi connectivity index (χ0) is 50.3. The van der Waals surface area contributed by atoms with Gasteiger partial charge in [0.2, 0.25) is 11.8 Å². The summed E-state index contributed by atoms with van der Waals surface area (Å²) < 4.78 is 0. The van der Waals surface area contributed by atoms with Crippen molar-refractivity contribution in [2.24, 2.45) is 21.8 Å². The summed E-state index contributed by atoms with van der Waals surface area (Å²) in [6.07, 6.45) is 11.6. The lowest BCUT2D eigenvalue weighted by molar-refractivity contribution is -0.121. The van der Waals surface area contributed by atoms with Crippen LogP contribution in [0.1, 0.15) is 117 Å². The van der Waals surface area contributed by atoms with Gasteiger partial charge >= 0.3 is 0 Å². The van der Waals surface area contributed by atoms with Crippen molar-refractivity contribution in [3.63, 3.8) is 0 Å². The van der Waals surface area contributed by atoms with Crippen molar-refractivity contribution >= 4 is 69.4 Å². The molecule has 10 heteroatoms. The topological polar surface area (TPSA) is 99.5 Å². The molecule has 8 aliphatic rings. The highest BCUT2D eigenvalue weighted by atomic mass is 35.5. The first kappa shape index (κ1) is 46.8. The van der Waals surface area contributed by atoms with Crippen LogP contribution in [0.15, 0.2) is 179 Å². The van der Waals surface area contributed by atoms with Gasteiger partial charge in [0.25, 0.3) is 0 Å². The summed E-state index contributed by atoms with van der Waals surface area (Å²) >= 11 is 12.2. The highest BCUT2D eigenvalue weighted by Crippen LogP contribution is 2.67. The molecule has 4 aliphatic carbocycles. The molecule has 2 spiro atoms. The molecule has 4 saturated carbocycles. The number of ketones is 2. The number of aliphatic imine (C=N–C) groups is 2. The molecule has 6 aromatic rings. The van der Waals surface area contributed by atoms with E-state index in [1.807, 2.05) is 143 Å². The Kier molecular flexibility index (Phi) is 11.6. The Morgan fingerprint density at radius 1 is 0.514 bits per heavy atom. The van der Waals surface area contributed by atoms with Crippen molar-refractivity contribution in [3.05, 3.63) is 223 Å².